The molecule has 0 bridgehead atoms. The van der Waals surface area contributed by atoms with Crippen molar-refractivity contribution in [3.05, 3.63) is 36.7 Å². The van der Waals surface area contributed by atoms with Crippen molar-refractivity contribution in [2.45, 2.75) is 0 Å². The van der Waals surface area contributed by atoms with Crippen molar-refractivity contribution in [2.75, 3.05) is 18.0 Å². The van der Waals surface area contributed by atoms with Crippen molar-refractivity contribution in [1.82, 2.24) is 4.98 Å². The summed E-state index contributed by atoms with van der Waals surface area (Å²) in [5.41, 5.74) is 0.720. The predicted molar refractivity (Wildman–Crippen MR) is 59.0 cm³/mol. The van der Waals surface area contributed by atoms with E-state index in [1.807, 2.05) is 6.07 Å². The average molecular weight is 217 g/mol. The third-order valence-corrected chi connectivity index (χ3v) is 1.91. The van der Waals surface area contributed by atoms with Crippen molar-refractivity contribution in [3.63, 3.8) is 0 Å². The zero-order valence-electron chi connectivity index (χ0n) is 8.63. The topological polar surface area (TPSA) is 77.2 Å². The lowest BCUT2D eigenvalue weighted by Crippen LogP contribution is -2.30. The molecule has 0 saturated carbocycles. The second-order valence-electron chi connectivity index (χ2n) is 3.05. The van der Waals surface area contributed by atoms with E-state index in [1.54, 1.807) is 18.2 Å². The number of nitrogens with zero attached hydrogens (tertiary/aromatic N) is 3. The highest BCUT2D eigenvalue weighted by molar-refractivity contribution is 5.74. The Morgan fingerprint density at radius 3 is 3.06 bits per heavy atom. The van der Waals surface area contributed by atoms with Crippen LogP contribution in [0.25, 0.3) is 0 Å². The number of hydrogen-bond acceptors (Lipinski definition) is 4. The second kappa shape index (κ2) is 5.51. The number of carbonyl (C=O) groups is 1. The van der Waals surface area contributed by atoms with E-state index in [1.165, 1.54) is 11.1 Å². The molecule has 82 valence electrons. The summed E-state index contributed by atoms with van der Waals surface area (Å²) in [5.74, 6) is -0.963. The van der Waals surface area contributed by atoms with Crippen LogP contribution in [0.2, 0.25) is 0 Å². The molecule has 0 unspecified atom stereocenters. The Bertz CT molecular complexity index is 437. The first-order valence-electron chi connectivity index (χ1n) is 4.61. The van der Waals surface area contributed by atoms with E-state index >= 15 is 0 Å². The molecule has 0 aliphatic rings. The van der Waals surface area contributed by atoms with Gasteiger partial charge in [0.15, 0.2) is 5.69 Å². The Morgan fingerprint density at radius 1 is 1.75 bits per heavy atom. The molecular formula is C11H11N3O2. The molecule has 0 fully saturated rings. The van der Waals surface area contributed by atoms with Gasteiger partial charge in [0.1, 0.15) is 12.6 Å². The monoisotopic (exact) mass is 217 g/mol. The van der Waals surface area contributed by atoms with Crippen LogP contribution in [-0.2, 0) is 4.79 Å². The summed E-state index contributed by atoms with van der Waals surface area (Å²) < 4.78 is 0. The maximum Gasteiger partial charge on any atom is 0.323 e. The molecule has 0 amide bonds. The van der Waals surface area contributed by atoms with E-state index < -0.39 is 5.97 Å². The van der Waals surface area contributed by atoms with Gasteiger partial charge >= 0.3 is 5.97 Å². The van der Waals surface area contributed by atoms with Gasteiger partial charge in [-0.15, -0.1) is 6.58 Å². The number of hydrogen-bond donors (Lipinski definition) is 1. The minimum atomic E-state index is -0.963. The van der Waals surface area contributed by atoms with Gasteiger partial charge in [-0.2, -0.15) is 5.26 Å². The first-order valence-corrected chi connectivity index (χ1v) is 4.61. The van der Waals surface area contributed by atoms with Gasteiger partial charge in [-0.25, -0.2) is 4.98 Å². The van der Waals surface area contributed by atoms with E-state index in [0.717, 1.165) is 0 Å². The Morgan fingerprint density at radius 2 is 2.50 bits per heavy atom. The molecule has 1 aromatic heterocycles. The number of nitriles is 1. The summed E-state index contributed by atoms with van der Waals surface area (Å²) in [7, 11) is 0. The minimum absolute atomic E-state index is 0.188. The minimum Gasteiger partial charge on any atom is -0.480 e. The SMILES string of the molecule is C=CCN(CC(=O)O)c1cccnc1C#N. The molecule has 16 heavy (non-hydrogen) atoms. The van der Waals surface area contributed by atoms with Gasteiger partial charge in [0.2, 0.25) is 0 Å². The van der Waals surface area contributed by atoms with Crippen molar-refractivity contribution in [1.29, 1.82) is 5.26 Å². The average Bonchev–Trinajstić information content (AvgIpc) is 2.28. The quantitative estimate of drug-likeness (QED) is 0.745. The third-order valence-electron chi connectivity index (χ3n) is 1.91. The van der Waals surface area contributed by atoms with Crippen LogP contribution >= 0.6 is 0 Å². The lowest BCUT2D eigenvalue weighted by molar-refractivity contribution is -0.135. The molecule has 0 aliphatic heterocycles. The van der Waals surface area contributed by atoms with Crippen LogP contribution in [0.3, 0.4) is 0 Å². The molecule has 1 N–H and O–H groups in total. The fourth-order valence-corrected chi connectivity index (χ4v) is 1.31. The van der Waals surface area contributed by atoms with Gasteiger partial charge in [0, 0.05) is 12.7 Å². The van der Waals surface area contributed by atoms with E-state index in [2.05, 4.69) is 11.6 Å². The summed E-state index contributed by atoms with van der Waals surface area (Å²) >= 11 is 0. The molecule has 0 aliphatic carbocycles. The van der Waals surface area contributed by atoms with E-state index in [0.29, 0.717) is 12.2 Å². The van der Waals surface area contributed by atoms with Crippen molar-refractivity contribution < 1.29 is 9.90 Å². The summed E-state index contributed by atoms with van der Waals surface area (Å²) in [6.45, 7) is 3.72. The maximum absolute atomic E-state index is 10.7. The number of aliphatic carboxylic acids is 1. The van der Waals surface area contributed by atoms with Crippen LogP contribution in [0.15, 0.2) is 31.0 Å². The number of rotatable bonds is 5. The molecule has 0 saturated heterocycles. The number of aromatic nitrogens is 1. The van der Waals surface area contributed by atoms with E-state index in [9.17, 15) is 4.79 Å². The largest absolute Gasteiger partial charge is 0.480 e. The highest BCUT2D eigenvalue weighted by atomic mass is 16.4. The summed E-state index contributed by atoms with van der Waals surface area (Å²) in [6.07, 6.45) is 3.08. The van der Waals surface area contributed by atoms with Crippen LogP contribution < -0.4 is 4.90 Å². The third kappa shape index (κ3) is 2.82. The summed E-state index contributed by atoms with van der Waals surface area (Å²) in [4.78, 5) is 16.1. The van der Waals surface area contributed by atoms with Crippen LogP contribution in [0.4, 0.5) is 5.69 Å². The molecular weight excluding hydrogens is 206 g/mol. The number of carboxylic acids is 1. The molecule has 0 spiro atoms. The highest BCUT2D eigenvalue weighted by Gasteiger charge is 2.13. The zero-order chi connectivity index (χ0) is 12.0. The summed E-state index contributed by atoms with van der Waals surface area (Å²) in [6, 6.07) is 5.25. The normalized spacial score (nSPS) is 9.19. The van der Waals surface area contributed by atoms with Crippen molar-refractivity contribution in [2.24, 2.45) is 0 Å². The second-order valence-corrected chi connectivity index (χ2v) is 3.05. The van der Waals surface area contributed by atoms with Crippen LogP contribution in [0.5, 0.6) is 0 Å². The number of carboxylic acid groups (broad SMARTS) is 1. The Labute approximate surface area is 93.3 Å². The number of anilines is 1. The standard InChI is InChI=1S/C11H11N3O2/c1-2-6-14(8-11(15)16)10-4-3-5-13-9(10)7-12/h2-5H,1,6,8H2,(H,15,16). The van der Waals surface area contributed by atoms with Gasteiger partial charge in [0.05, 0.1) is 5.69 Å². The Balaban J connectivity index is 3.05. The summed E-state index contributed by atoms with van der Waals surface area (Å²) in [5, 5.41) is 17.6. The Kier molecular flexibility index (Phi) is 4.04. The maximum atomic E-state index is 10.7. The molecule has 0 aromatic carbocycles. The van der Waals surface area contributed by atoms with Gasteiger partial charge in [-0.05, 0) is 12.1 Å². The predicted octanol–water partition coefficient (Wildman–Crippen LogP) is 1.03. The lowest BCUT2D eigenvalue weighted by atomic mass is 10.2. The molecule has 5 nitrogen and oxygen atoms in total. The van der Waals surface area contributed by atoms with Crippen LogP contribution in [0.1, 0.15) is 5.69 Å². The fourth-order valence-electron chi connectivity index (χ4n) is 1.31. The first kappa shape index (κ1) is 11.7. The molecule has 0 atom stereocenters. The van der Waals surface area contributed by atoms with Gasteiger partial charge < -0.3 is 10.0 Å². The zero-order valence-corrected chi connectivity index (χ0v) is 8.63. The van der Waals surface area contributed by atoms with Crippen molar-refractivity contribution >= 4 is 11.7 Å². The van der Waals surface area contributed by atoms with Crippen LogP contribution in [-0.4, -0.2) is 29.1 Å². The fraction of sp³-hybridized carbons (Fsp3) is 0.182. The molecule has 5 heteroatoms. The van der Waals surface area contributed by atoms with Crippen molar-refractivity contribution in [3.8, 4) is 6.07 Å². The molecule has 1 rings (SSSR count). The molecule has 1 aromatic rings. The van der Waals surface area contributed by atoms with E-state index in [4.69, 9.17) is 10.4 Å². The van der Waals surface area contributed by atoms with Gasteiger partial charge in [-0.1, -0.05) is 6.08 Å². The molecule has 1 heterocycles. The van der Waals surface area contributed by atoms with E-state index in [-0.39, 0.29) is 12.2 Å². The first-order chi connectivity index (χ1) is 7.69. The number of pyridine rings is 1. The highest BCUT2D eigenvalue weighted by Crippen LogP contribution is 2.16. The van der Waals surface area contributed by atoms with Crippen LogP contribution in [0, 0.1) is 11.3 Å². The van der Waals surface area contributed by atoms with Gasteiger partial charge in [-0.3, -0.25) is 4.79 Å². The van der Waals surface area contributed by atoms with Gasteiger partial charge in [0.25, 0.3) is 0 Å². The Hall–Kier alpha value is -2.35. The lowest BCUT2D eigenvalue weighted by Gasteiger charge is -2.21. The smallest absolute Gasteiger partial charge is 0.323 e. The molecule has 0 radical (unpaired) electrons.